The molecule has 2 aliphatic heterocycles. The molecule has 1 spiro atoms. The first kappa shape index (κ1) is 15.3. The van der Waals surface area contributed by atoms with Crippen molar-refractivity contribution in [1.82, 2.24) is 4.90 Å². The normalized spacial score (nSPS) is 27.3. The summed E-state index contributed by atoms with van der Waals surface area (Å²) in [5, 5.41) is 0. The third-order valence-corrected chi connectivity index (χ3v) is 5.43. The van der Waals surface area contributed by atoms with Crippen LogP contribution in [0.2, 0.25) is 0 Å². The summed E-state index contributed by atoms with van der Waals surface area (Å²) in [5.41, 5.74) is 2.90. The van der Waals surface area contributed by atoms with Gasteiger partial charge in [-0.3, -0.25) is 4.79 Å². The number of benzene rings is 1. The Bertz CT molecular complexity index is 767. The molecular weight excluding hydrogens is 306 g/mol. The van der Waals surface area contributed by atoms with Crippen LogP contribution in [0.5, 0.6) is 11.5 Å². The number of carbonyl (C=O) groups excluding carboxylic acids is 1. The van der Waals surface area contributed by atoms with E-state index in [-0.39, 0.29) is 12.0 Å². The molecule has 1 amide bonds. The van der Waals surface area contributed by atoms with Gasteiger partial charge in [0.25, 0.3) is 0 Å². The average Bonchev–Trinajstić information content (AvgIpc) is 2.91. The van der Waals surface area contributed by atoms with Gasteiger partial charge in [-0.25, -0.2) is 0 Å². The summed E-state index contributed by atoms with van der Waals surface area (Å²) in [6.07, 6.45) is 7.33. The van der Waals surface area contributed by atoms with Crippen LogP contribution in [-0.4, -0.2) is 44.8 Å². The molecule has 126 valence electrons. The fraction of sp³-hybridized carbons (Fsp3) is 0.421. The van der Waals surface area contributed by atoms with Crippen LogP contribution in [0.1, 0.15) is 17.5 Å². The van der Waals surface area contributed by atoms with Crippen molar-refractivity contribution in [2.45, 2.75) is 24.5 Å². The highest BCUT2D eigenvalue weighted by atomic mass is 16.5. The number of rotatable bonds is 3. The number of ether oxygens (including phenoxy) is 3. The Morgan fingerprint density at radius 2 is 1.92 bits per heavy atom. The number of hydrogen-bond acceptors (Lipinski definition) is 4. The second kappa shape index (κ2) is 5.38. The number of amides is 1. The molecule has 4 rings (SSSR count). The quantitative estimate of drug-likeness (QED) is 0.854. The second-order valence-corrected chi connectivity index (χ2v) is 6.40. The van der Waals surface area contributed by atoms with E-state index >= 15 is 0 Å². The molecule has 5 nitrogen and oxygen atoms in total. The van der Waals surface area contributed by atoms with Gasteiger partial charge in [0, 0.05) is 26.2 Å². The molecule has 1 aromatic carbocycles. The summed E-state index contributed by atoms with van der Waals surface area (Å²) < 4.78 is 16.5. The lowest BCUT2D eigenvalue weighted by Crippen LogP contribution is -2.52. The molecule has 0 radical (unpaired) electrons. The average molecular weight is 327 g/mol. The lowest BCUT2D eigenvalue weighted by molar-refractivity contribution is -0.130. The molecule has 0 bridgehead atoms. The summed E-state index contributed by atoms with van der Waals surface area (Å²) in [7, 11) is 4.99. The molecule has 0 aromatic heterocycles. The van der Waals surface area contributed by atoms with Crippen molar-refractivity contribution < 1.29 is 19.0 Å². The van der Waals surface area contributed by atoms with E-state index in [2.05, 4.69) is 0 Å². The molecule has 24 heavy (non-hydrogen) atoms. The standard InChI is InChI=1S/C19H21NO4/c1-22-14-5-4-13-9-18(21)20-7-6-12-8-16(23-2)17(24-3)10-15(12)19(13,20)11-14/h4-5,8-10,14H,6-7,11H2,1-3H3/t14-,19+/m1/s1. The lowest BCUT2D eigenvalue weighted by atomic mass is 9.71. The predicted octanol–water partition coefficient (Wildman–Crippen LogP) is 2.20. The Labute approximate surface area is 141 Å². The second-order valence-electron chi connectivity index (χ2n) is 6.40. The first-order chi connectivity index (χ1) is 11.6. The number of nitrogens with zero attached hydrogens (tertiary/aromatic N) is 1. The third kappa shape index (κ3) is 1.88. The maximum Gasteiger partial charge on any atom is 0.247 e. The minimum absolute atomic E-state index is 0.0189. The van der Waals surface area contributed by atoms with Crippen LogP contribution in [0.25, 0.3) is 0 Å². The van der Waals surface area contributed by atoms with Gasteiger partial charge in [0.15, 0.2) is 11.5 Å². The van der Waals surface area contributed by atoms with Gasteiger partial charge in [-0.15, -0.1) is 0 Å². The SMILES string of the molecule is COc1cc2c(cc1OC)[C@]13C[C@H](OC)C=CC1=CC(=O)N3CC2. The first-order valence-electron chi connectivity index (χ1n) is 8.14. The van der Waals surface area contributed by atoms with E-state index in [0.717, 1.165) is 29.7 Å². The molecule has 0 saturated carbocycles. The number of hydrogen-bond donors (Lipinski definition) is 0. The van der Waals surface area contributed by atoms with Crippen LogP contribution in [0, 0.1) is 0 Å². The zero-order valence-electron chi connectivity index (χ0n) is 14.2. The summed E-state index contributed by atoms with van der Waals surface area (Å²) >= 11 is 0. The van der Waals surface area contributed by atoms with E-state index in [1.165, 1.54) is 5.56 Å². The monoisotopic (exact) mass is 327 g/mol. The van der Waals surface area contributed by atoms with Gasteiger partial charge in [-0.1, -0.05) is 12.2 Å². The van der Waals surface area contributed by atoms with Gasteiger partial charge in [0.1, 0.15) is 0 Å². The topological polar surface area (TPSA) is 48.0 Å². The Balaban J connectivity index is 1.94. The van der Waals surface area contributed by atoms with Crippen LogP contribution < -0.4 is 9.47 Å². The molecule has 3 aliphatic rings. The molecule has 0 saturated heterocycles. The zero-order valence-corrected chi connectivity index (χ0v) is 14.2. The molecule has 1 aliphatic carbocycles. The minimum atomic E-state index is -0.459. The molecule has 1 aromatic rings. The number of fused-ring (bicyclic) bond motifs is 1. The van der Waals surface area contributed by atoms with E-state index in [0.29, 0.717) is 12.3 Å². The highest BCUT2D eigenvalue weighted by Gasteiger charge is 2.53. The molecule has 0 fully saturated rings. The summed E-state index contributed by atoms with van der Waals surface area (Å²) in [5.74, 6) is 1.49. The molecule has 2 atom stereocenters. The largest absolute Gasteiger partial charge is 0.493 e. The Kier molecular flexibility index (Phi) is 3.42. The van der Waals surface area contributed by atoms with Gasteiger partial charge >= 0.3 is 0 Å². The van der Waals surface area contributed by atoms with E-state index in [1.54, 1.807) is 27.4 Å². The van der Waals surface area contributed by atoms with Crippen LogP contribution in [0.3, 0.4) is 0 Å². The number of carbonyl (C=O) groups is 1. The lowest BCUT2D eigenvalue weighted by Gasteiger charge is -2.48. The molecule has 2 heterocycles. The summed E-state index contributed by atoms with van der Waals surface area (Å²) in [6.45, 7) is 0.700. The van der Waals surface area contributed by atoms with Crippen molar-refractivity contribution in [3.8, 4) is 11.5 Å². The zero-order chi connectivity index (χ0) is 16.9. The third-order valence-electron chi connectivity index (χ3n) is 5.43. The Morgan fingerprint density at radius 1 is 1.17 bits per heavy atom. The highest BCUT2D eigenvalue weighted by Crippen LogP contribution is 2.52. The summed E-state index contributed by atoms with van der Waals surface area (Å²) in [6, 6.07) is 4.07. The van der Waals surface area contributed by atoms with Gasteiger partial charge < -0.3 is 19.1 Å². The van der Waals surface area contributed by atoms with Gasteiger partial charge in [-0.2, -0.15) is 0 Å². The minimum Gasteiger partial charge on any atom is -0.493 e. The van der Waals surface area contributed by atoms with Crippen molar-refractivity contribution in [2.75, 3.05) is 27.9 Å². The van der Waals surface area contributed by atoms with Crippen LogP contribution in [-0.2, 0) is 21.5 Å². The van der Waals surface area contributed by atoms with Crippen LogP contribution in [0.15, 0.2) is 35.9 Å². The van der Waals surface area contributed by atoms with Gasteiger partial charge in [0.05, 0.1) is 25.9 Å². The van der Waals surface area contributed by atoms with Crippen molar-refractivity contribution in [1.29, 1.82) is 0 Å². The fourth-order valence-electron chi connectivity index (χ4n) is 4.28. The maximum atomic E-state index is 12.6. The molecule has 0 unspecified atom stereocenters. The molecule has 0 N–H and O–H groups in total. The van der Waals surface area contributed by atoms with Crippen molar-refractivity contribution in [2.24, 2.45) is 0 Å². The number of methoxy groups -OCH3 is 3. The van der Waals surface area contributed by atoms with Gasteiger partial charge in [0.2, 0.25) is 5.91 Å². The van der Waals surface area contributed by atoms with Crippen LogP contribution >= 0.6 is 0 Å². The Hall–Kier alpha value is -2.27. The van der Waals surface area contributed by atoms with Crippen molar-refractivity contribution in [3.63, 3.8) is 0 Å². The smallest absolute Gasteiger partial charge is 0.247 e. The maximum absolute atomic E-state index is 12.6. The van der Waals surface area contributed by atoms with Crippen molar-refractivity contribution >= 4 is 5.91 Å². The first-order valence-corrected chi connectivity index (χ1v) is 8.14. The van der Waals surface area contributed by atoms with Gasteiger partial charge in [-0.05, 0) is 35.3 Å². The van der Waals surface area contributed by atoms with E-state index in [1.807, 2.05) is 29.2 Å². The van der Waals surface area contributed by atoms with Crippen molar-refractivity contribution in [3.05, 3.63) is 47.1 Å². The fourth-order valence-corrected chi connectivity index (χ4v) is 4.28. The van der Waals surface area contributed by atoms with E-state index < -0.39 is 5.54 Å². The van der Waals surface area contributed by atoms with E-state index in [9.17, 15) is 4.79 Å². The predicted molar refractivity (Wildman–Crippen MR) is 89.3 cm³/mol. The Morgan fingerprint density at radius 3 is 2.62 bits per heavy atom. The van der Waals surface area contributed by atoms with E-state index in [4.69, 9.17) is 14.2 Å². The molecular formula is C19H21NO4. The molecule has 5 heteroatoms. The highest BCUT2D eigenvalue weighted by molar-refractivity contribution is 5.95. The summed E-state index contributed by atoms with van der Waals surface area (Å²) in [4.78, 5) is 14.5. The van der Waals surface area contributed by atoms with Crippen LogP contribution in [0.4, 0.5) is 0 Å².